The molecule has 0 saturated carbocycles. The van der Waals surface area contributed by atoms with Gasteiger partial charge in [0.15, 0.2) is 5.92 Å². The van der Waals surface area contributed by atoms with Crippen molar-refractivity contribution in [3.05, 3.63) is 11.1 Å². The van der Waals surface area contributed by atoms with Crippen molar-refractivity contribution in [3.63, 3.8) is 0 Å². The van der Waals surface area contributed by atoms with Crippen LogP contribution in [0.15, 0.2) is 5.03 Å². The van der Waals surface area contributed by atoms with Gasteiger partial charge in [-0.15, -0.1) is 11.6 Å². The number of hydrogen-bond acceptors (Lipinski definition) is 0. The third-order valence-electron chi connectivity index (χ3n) is 0.937. The maximum absolute atomic E-state index is 11.7. The van der Waals surface area contributed by atoms with Crippen molar-refractivity contribution in [3.8, 4) is 0 Å². The van der Waals surface area contributed by atoms with Gasteiger partial charge in [0, 0.05) is 0 Å². The van der Waals surface area contributed by atoms with Crippen molar-refractivity contribution in [2.45, 2.75) is 11.8 Å². The first-order chi connectivity index (χ1) is 4.88. The summed E-state index contributed by atoms with van der Waals surface area (Å²) in [7, 11) is 0. The molecule has 1 rings (SSSR count). The van der Waals surface area contributed by atoms with Gasteiger partial charge in [-0.25, -0.2) is 8.78 Å². The molecule has 0 nitrogen and oxygen atoms in total. The number of allylic oxidation sites excluding steroid dienone is 2. The molecular weight excluding hydrogens is 352 g/mol. The molecule has 0 saturated heterocycles. The topological polar surface area (TPSA) is 0 Å². The number of hydrogen-bond donors (Lipinski definition) is 0. The quantitative estimate of drug-likeness (QED) is 0.272. The van der Waals surface area contributed by atoms with E-state index in [-0.39, 0.29) is 0 Å². The Kier molecular flexibility index (Phi) is 4.26. The van der Waals surface area contributed by atoms with Gasteiger partial charge in [-0.05, 0) is 0 Å². The number of alkyl halides is 4. The second-order valence-electron chi connectivity index (χ2n) is 1.59. The van der Waals surface area contributed by atoms with Gasteiger partial charge < -0.3 is 6.08 Å². The van der Waals surface area contributed by atoms with Gasteiger partial charge in [-0.2, -0.15) is 8.78 Å². The van der Waals surface area contributed by atoms with E-state index in [2.05, 4.69) is 31.4 Å². The Morgan fingerprint density at radius 1 is 1.27 bits per heavy atom. The van der Waals surface area contributed by atoms with E-state index in [1.54, 1.807) is 0 Å². The molecule has 0 aromatic heterocycles. The molecule has 0 heterocycles. The fourth-order valence-corrected chi connectivity index (χ4v) is 0.608. The molecule has 0 aromatic carbocycles. The van der Waals surface area contributed by atoms with Gasteiger partial charge in [0.25, 0.3) is 5.92 Å². The van der Waals surface area contributed by atoms with Crippen molar-refractivity contribution < 1.29 is 32.3 Å². The zero-order chi connectivity index (χ0) is 9.28. The first-order valence-electron chi connectivity index (χ1n) is 2.21. The van der Waals surface area contributed by atoms with E-state index < -0.39 is 16.9 Å². The van der Waals surface area contributed by atoms with Gasteiger partial charge in [-0.1, -0.05) is 5.03 Å². The summed E-state index contributed by atoms with van der Waals surface area (Å²) in [6.45, 7) is 0. The average molecular weight is 352 g/mol. The molecule has 0 atom stereocenters. The Hall–Kier alpha value is 1.10. The van der Waals surface area contributed by atoms with Gasteiger partial charge in [-0.3, -0.25) is 0 Å². The van der Waals surface area contributed by atoms with E-state index in [0.717, 1.165) is 6.08 Å². The predicted molar refractivity (Wildman–Crippen MR) is 36.5 cm³/mol. The zero-order valence-corrected chi connectivity index (χ0v) is 10.9. The van der Waals surface area contributed by atoms with E-state index in [1.165, 1.54) is 14.8 Å². The molecule has 0 spiro atoms. The molecule has 1 aliphatic carbocycles. The van der Waals surface area contributed by atoms with E-state index in [4.69, 9.17) is 0 Å². The van der Waals surface area contributed by atoms with Crippen molar-refractivity contribution in [1.82, 2.24) is 0 Å². The molecule has 0 bridgehead atoms. The molecule has 0 fully saturated rings. The Morgan fingerprint density at radius 2 is 1.64 bits per heavy atom. The summed E-state index contributed by atoms with van der Waals surface area (Å²) >= 11 is 8.22. The van der Waals surface area contributed by atoms with E-state index in [9.17, 15) is 17.6 Å². The normalized spacial score (nSPS) is 24.2. The molecule has 60 valence electrons. The van der Waals surface area contributed by atoms with Gasteiger partial charge >= 0.3 is 34.5 Å². The SMILES string of the molecule is FC1(F)[C-]=C(Cl)C1(F)F.[Zn+][I]. The van der Waals surface area contributed by atoms with Crippen LogP contribution in [-0.2, 0) is 14.8 Å². The predicted octanol–water partition coefficient (Wildman–Crippen LogP) is 3.08. The summed E-state index contributed by atoms with van der Waals surface area (Å²) < 4.78 is 46.7. The Morgan fingerprint density at radius 3 is 1.64 bits per heavy atom. The fourth-order valence-electron chi connectivity index (χ4n) is 0.370. The second-order valence-corrected chi connectivity index (χ2v) is 1.97. The first-order valence-corrected chi connectivity index (χ1v) is 11.6. The third-order valence-corrected chi connectivity index (χ3v) is 1.27. The molecule has 7 heteroatoms. The van der Waals surface area contributed by atoms with Crippen LogP contribution in [0, 0.1) is 6.08 Å². The average Bonchev–Trinajstić information content (AvgIpc) is 1.91. The summed E-state index contributed by atoms with van der Waals surface area (Å²) in [4.78, 5) is 0. The minimum atomic E-state index is -4.19. The number of halogens is 6. The standard InChI is InChI=1S/C4ClF4.HI.Zn/c5-2-1-3(6,7)4(2,8)9;;/h;1H;/q-1;;+2/p-1. The second kappa shape index (κ2) is 3.87. The summed E-state index contributed by atoms with van der Waals surface area (Å²) in [6, 6.07) is 0. The Bertz CT molecular complexity index is 181. The van der Waals surface area contributed by atoms with Crippen LogP contribution in [-0.4, -0.2) is 11.8 Å². The Balaban J connectivity index is 0.000000461. The van der Waals surface area contributed by atoms with E-state index >= 15 is 0 Å². The van der Waals surface area contributed by atoms with Crippen LogP contribution in [0.25, 0.3) is 0 Å². The van der Waals surface area contributed by atoms with Crippen molar-refractivity contribution in [2.75, 3.05) is 0 Å². The summed E-state index contributed by atoms with van der Waals surface area (Å²) in [5.41, 5.74) is 0. The van der Waals surface area contributed by atoms with E-state index in [1.807, 2.05) is 0 Å². The molecule has 0 radical (unpaired) electrons. The van der Waals surface area contributed by atoms with Gasteiger partial charge in [0.1, 0.15) is 0 Å². The third kappa shape index (κ3) is 2.07. The van der Waals surface area contributed by atoms with Crippen LogP contribution < -0.4 is 0 Å². The van der Waals surface area contributed by atoms with Crippen LogP contribution in [0.2, 0.25) is 0 Å². The monoisotopic (exact) mass is 350 g/mol. The molecule has 0 N–H and O–H groups in total. The van der Waals surface area contributed by atoms with Gasteiger partial charge in [0.2, 0.25) is 0 Å². The molecule has 0 unspecified atom stereocenters. The zero-order valence-electron chi connectivity index (χ0n) is 4.97. The molecule has 11 heavy (non-hydrogen) atoms. The van der Waals surface area contributed by atoms with Crippen molar-refractivity contribution in [2.24, 2.45) is 0 Å². The van der Waals surface area contributed by atoms with Crippen molar-refractivity contribution in [1.29, 1.82) is 0 Å². The number of rotatable bonds is 0. The maximum atomic E-state index is 11.7. The minimum absolute atomic E-state index is 1.07. The summed E-state index contributed by atoms with van der Waals surface area (Å²) in [5, 5.41) is -1.20. The summed E-state index contributed by atoms with van der Waals surface area (Å²) in [6.07, 6.45) is 1.07. The first kappa shape index (κ1) is 12.1. The van der Waals surface area contributed by atoms with Crippen LogP contribution >= 0.6 is 31.4 Å². The van der Waals surface area contributed by atoms with Crippen LogP contribution in [0.4, 0.5) is 17.6 Å². The molecular formula is C4ClF4IZn. The van der Waals surface area contributed by atoms with Crippen molar-refractivity contribution >= 4 is 31.4 Å². The molecule has 0 aromatic rings. The van der Waals surface area contributed by atoms with E-state index in [0.29, 0.717) is 0 Å². The summed E-state index contributed by atoms with van der Waals surface area (Å²) in [5.74, 6) is -8.35. The Labute approximate surface area is 86.2 Å². The van der Waals surface area contributed by atoms with Gasteiger partial charge in [0.05, 0.1) is 0 Å². The molecule has 0 aliphatic heterocycles. The van der Waals surface area contributed by atoms with Crippen LogP contribution in [0.1, 0.15) is 0 Å². The fraction of sp³-hybridized carbons (Fsp3) is 0.500. The molecule has 1 aliphatic rings. The molecule has 0 amide bonds. The van der Waals surface area contributed by atoms with Crippen LogP contribution in [0.5, 0.6) is 0 Å². The van der Waals surface area contributed by atoms with Crippen LogP contribution in [0.3, 0.4) is 0 Å².